The smallest absolute Gasteiger partial charge is 0.154 e. The van der Waals surface area contributed by atoms with Gasteiger partial charge in [-0.1, -0.05) is 25.8 Å². The van der Waals surface area contributed by atoms with Gasteiger partial charge in [0, 0.05) is 6.54 Å². The Labute approximate surface area is 113 Å². The summed E-state index contributed by atoms with van der Waals surface area (Å²) in [5.41, 5.74) is 1.79. The van der Waals surface area contributed by atoms with E-state index in [1.54, 1.807) is 0 Å². The van der Waals surface area contributed by atoms with Gasteiger partial charge >= 0.3 is 0 Å². The molecule has 2 aromatic heterocycles. The van der Waals surface area contributed by atoms with Crippen molar-refractivity contribution in [2.24, 2.45) is 0 Å². The highest BCUT2D eigenvalue weighted by molar-refractivity contribution is 5.53. The maximum atomic E-state index is 8.80. The van der Waals surface area contributed by atoms with E-state index in [1.807, 2.05) is 22.8 Å². The number of aromatic nitrogens is 3. The summed E-state index contributed by atoms with van der Waals surface area (Å²) >= 11 is 0. The van der Waals surface area contributed by atoms with E-state index < -0.39 is 0 Å². The van der Waals surface area contributed by atoms with E-state index in [0.29, 0.717) is 6.54 Å². The summed E-state index contributed by atoms with van der Waals surface area (Å²) in [4.78, 5) is 4.31. The third-order valence-corrected chi connectivity index (χ3v) is 2.82. The number of imidazole rings is 1. The van der Waals surface area contributed by atoms with Gasteiger partial charge in [-0.05, 0) is 24.6 Å². The van der Waals surface area contributed by atoms with Gasteiger partial charge in [0.05, 0.1) is 18.5 Å². The SMILES string of the molecule is CCCC/C=C/c1cnc2ccc(NCCO)nn12. The highest BCUT2D eigenvalue weighted by Gasteiger charge is 2.02. The van der Waals surface area contributed by atoms with Crippen LogP contribution in [0.25, 0.3) is 11.7 Å². The molecule has 0 amide bonds. The van der Waals surface area contributed by atoms with Crippen molar-refractivity contribution in [3.8, 4) is 0 Å². The van der Waals surface area contributed by atoms with E-state index in [1.165, 1.54) is 12.8 Å². The van der Waals surface area contributed by atoms with E-state index >= 15 is 0 Å². The summed E-state index contributed by atoms with van der Waals surface area (Å²) in [6.07, 6.45) is 9.50. The fraction of sp³-hybridized carbons (Fsp3) is 0.429. The number of aliphatic hydroxyl groups is 1. The summed E-state index contributed by atoms with van der Waals surface area (Å²) in [6, 6.07) is 3.78. The summed E-state index contributed by atoms with van der Waals surface area (Å²) in [5.74, 6) is 0.739. The quantitative estimate of drug-likeness (QED) is 0.750. The molecule has 0 fully saturated rings. The highest BCUT2D eigenvalue weighted by Crippen LogP contribution is 2.11. The van der Waals surface area contributed by atoms with Gasteiger partial charge < -0.3 is 10.4 Å². The Kier molecular flexibility index (Phi) is 4.92. The summed E-state index contributed by atoms with van der Waals surface area (Å²) < 4.78 is 1.81. The third kappa shape index (κ3) is 3.54. The molecular formula is C14H20N4O. The Hall–Kier alpha value is -1.88. The number of nitrogens with one attached hydrogen (secondary N) is 1. The van der Waals surface area contributed by atoms with Crippen LogP contribution in [0.3, 0.4) is 0 Å². The summed E-state index contributed by atoms with van der Waals surface area (Å²) in [7, 11) is 0. The summed E-state index contributed by atoms with van der Waals surface area (Å²) in [5, 5.41) is 16.3. The van der Waals surface area contributed by atoms with Crippen LogP contribution in [0.15, 0.2) is 24.4 Å². The molecule has 0 atom stereocenters. The Balaban J connectivity index is 2.17. The van der Waals surface area contributed by atoms with Crippen molar-refractivity contribution in [1.29, 1.82) is 0 Å². The normalized spacial score (nSPS) is 11.5. The molecule has 0 bridgehead atoms. The van der Waals surface area contributed by atoms with Crippen LogP contribution in [-0.4, -0.2) is 32.9 Å². The van der Waals surface area contributed by atoms with E-state index in [4.69, 9.17) is 5.11 Å². The minimum Gasteiger partial charge on any atom is -0.395 e. The number of nitrogens with zero attached hydrogens (tertiary/aromatic N) is 3. The molecule has 19 heavy (non-hydrogen) atoms. The molecule has 0 saturated carbocycles. The molecule has 0 spiro atoms. The van der Waals surface area contributed by atoms with Gasteiger partial charge in [-0.15, -0.1) is 5.10 Å². The number of unbranched alkanes of at least 4 members (excludes halogenated alkanes) is 2. The van der Waals surface area contributed by atoms with Crippen LogP contribution in [-0.2, 0) is 0 Å². The number of aliphatic hydroxyl groups excluding tert-OH is 1. The topological polar surface area (TPSA) is 62.5 Å². The minimum atomic E-state index is 0.0907. The molecule has 102 valence electrons. The predicted octanol–water partition coefficient (Wildman–Crippen LogP) is 2.34. The number of hydrogen-bond acceptors (Lipinski definition) is 4. The van der Waals surface area contributed by atoms with Gasteiger partial charge in [-0.25, -0.2) is 9.50 Å². The second kappa shape index (κ2) is 6.89. The van der Waals surface area contributed by atoms with Crippen LogP contribution >= 0.6 is 0 Å². The van der Waals surface area contributed by atoms with E-state index in [0.717, 1.165) is 23.6 Å². The molecule has 5 nitrogen and oxygen atoms in total. The van der Waals surface area contributed by atoms with Crippen molar-refractivity contribution in [2.45, 2.75) is 26.2 Å². The van der Waals surface area contributed by atoms with Gasteiger partial charge in [0.25, 0.3) is 0 Å². The van der Waals surface area contributed by atoms with Crippen LogP contribution in [0.2, 0.25) is 0 Å². The van der Waals surface area contributed by atoms with E-state index in [-0.39, 0.29) is 6.61 Å². The Morgan fingerprint density at radius 2 is 2.32 bits per heavy atom. The number of allylic oxidation sites excluding steroid dienone is 1. The first-order valence-corrected chi connectivity index (χ1v) is 6.71. The van der Waals surface area contributed by atoms with Crippen molar-refractivity contribution in [1.82, 2.24) is 14.6 Å². The zero-order valence-corrected chi connectivity index (χ0v) is 11.2. The average Bonchev–Trinajstić information content (AvgIpc) is 2.84. The van der Waals surface area contributed by atoms with Crippen molar-refractivity contribution >= 4 is 17.5 Å². The molecule has 2 rings (SSSR count). The lowest BCUT2D eigenvalue weighted by Gasteiger charge is -2.04. The lowest BCUT2D eigenvalue weighted by atomic mass is 10.2. The zero-order chi connectivity index (χ0) is 13.5. The number of rotatable bonds is 7. The average molecular weight is 260 g/mol. The number of hydrogen-bond donors (Lipinski definition) is 2. The van der Waals surface area contributed by atoms with Crippen molar-refractivity contribution in [3.63, 3.8) is 0 Å². The molecular weight excluding hydrogens is 240 g/mol. The monoisotopic (exact) mass is 260 g/mol. The largest absolute Gasteiger partial charge is 0.395 e. The van der Waals surface area contributed by atoms with Crippen LogP contribution < -0.4 is 5.32 Å². The molecule has 2 aromatic rings. The molecule has 0 aromatic carbocycles. The zero-order valence-electron chi connectivity index (χ0n) is 11.2. The lowest BCUT2D eigenvalue weighted by molar-refractivity contribution is 0.311. The second-order valence-corrected chi connectivity index (χ2v) is 4.37. The second-order valence-electron chi connectivity index (χ2n) is 4.37. The maximum Gasteiger partial charge on any atom is 0.154 e. The molecule has 0 aliphatic rings. The fourth-order valence-corrected chi connectivity index (χ4v) is 1.81. The first kappa shape index (κ1) is 13.5. The molecule has 0 radical (unpaired) electrons. The van der Waals surface area contributed by atoms with Crippen molar-refractivity contribution in [2.75, 3.05) is 18.5 Å². The lowest BCUT2D eigenvalue weighted by Crippen LogP contribution is -2.08. The van der Waals surface area contributed by atoms with Crippen LogP contribution in [0, 0.1) is 0 Å². The van der Waals surface area contributed by atoms with Gasteiger partial charge in [-0.3, -0.25) is 0 Å². The molecule has 5 heteroatoms. The minimum absolute atomic E-state index is 0.0907. The highest BCUT2D eigenvalue weighted by atomic mass is 16.3. The molecule has 2 heterocycles. The van der Waals surface area contributed by atoms with Gasteiger partial charge in [0.15, 0.2) is 5.65 Å². The van der Waals surface area contributed by atoms with Crippen LogP contribution in [0.4, 0.5) is 5.82 Å². The van der Waals surface area contributed by atoms with Gasteiger partial charge in [-0.2, -0.15) is 0 Å². The Morgan fingerprint density at radius 1 is 1.42 bits per heavy atom. The fourth-order valence-electron chi connectivity index (χ4n) is 1.81. The van der Waals surface area contributed by atoms with Gasteiger partial charge in [0.1, 0.15) is 5.82 Å². The number of fused-ring (bicyclic) bond motifs is 1. The Bertz CT molecular complexity index is 547. The van der Waals surface area contributed by atoms with Crippen LogP contribution in [0.1, 0.15) is 31.9 Å². The molecule has 0 saturated heterocycles. The van der Waals surface area contributed by atoms with Crippen molar-refractivity contribution in [3.05, 3.63) is 30.1 Å². The molecule has 0 aliphatic carbocycles. The molecule has 0 unspecified atom stereocenters. The molecule has 2 N–H and O–H groups in total. The summed E-state index contributed by atoms with van der Waals surface area (Å²) in [6.45, 7) is 2.77. The Morgan fingerprint density at radius 3 is 3.11 bits per heavy atom. The predicted molar refractivity (Wildman–Crippen MR) is 77.1 cm³/mol. The van der Waals surface area contributed by atoms with Gasteiger partial charge in [0.2, 0.25) is 0 Å². The first-order valence-electron chi connectivity index (χ1n) is 6.71. The standard InChI is InChI=1S/C14H20N4O/c1-2-3-4-5-6-12-11-16-14-8-7-13(15-9-10-19)17-18(12)14/h5-8,11,19H,2-4,9-10H2,1H3,(H,15,17)/b6-5+. The van der Waals surface area contributed by atoms with Crippen LogP contribution in [0.5, 0.6) is 0 Å². The van der Waals surface area contributed by atoms with E-state index in [2.05, 4.69) is 34.5 Å². The van der Waals surface area contributed by atoms with E-state index in [9.17, 15) is 0 Å². The maximum absolute atomic E-state index is 8.80. The first-order chi connectivity index (χ1) is 9.35. The molecule has 0 aliphatic heterocycles. The third-order valence-electron chi connectivity index (χ3n) is 2.82. The van der Waals surface area contributed by atoms with Crippen molar-refractivity contribution < 1.29 is 5.11 Å². The number of anilines is 1.